The van der Waals surface area contributed by atoms with Gasteiger partial charge in [0.2, 0.25) is 0 Å². The second-order valence-corrected chi connectivity index (χ2v) is 9.13. The van der Waals surface area contributed by atoms with Crippen molar-refractivity contribution in [2.24, 2.45) is 17.3 Å². The van der Waals surface area contributed by atoms with Gasteiger partial charge in [-0.15, -0.1) is 0 Å². The third kappa shape index (κ3) is 8.57. The van der Waals surface area contributed by atoms with Gasteiger partial charge in [0.05, 0.1) is 0 Å². The Morgan fingerprint density at radius 1 is 0.815 bits per heavy atom. The highest BCUT2D eigenvalue weighted by Crippen LogP contribution is 2.60. The van der Waals surface area contributed by atoms with Crippen LogP contribution in [-0.4, -0.2) is 0 Å². The average Bonchev–Trinajstić information content (AvgIpc) is 2.90. The van der Waals surface area contributed by atoms with E-state index in [4.69, 9.17) is 0 Å². The number of hydrogen-bond acceptors (Lipinski definition) is 0. The molecule has 0 aromatic rings. The quantitative estimate of drug-likeness (QED) is 0.306. The van der Waals surface area contributed by atoms with Crippen LogP contribution >= 0.6 is 0 Å². The molecule has 0 saturated heterocycles. The van der Waals surface area contributed by atoms with Gasteiger partial charge in [0.15, 0.2) is 0 Å². The molecular formula is C27H52. The van der Waals surface area contributed by atoms with Gasteiger partial charge in [0.25, 0.3) is 0 Å². The monoisotopic (exact) mass is 376 g/mol. The average molecular weight is 377 g/mol. The number of rotatable bonds is 7. The molecule has 0 N–H and O–H groups in total. The van der Waals surface area contributed by atoms with Gasteiger partial charge >= 0.3 is 0 Å². The van der Waals surface area contributed by atoms with Crippen LogP contribution in [-0.2, 0) is 0 Å². The van der Waals surface area contributed by atoms with Crippen LogP contribution in [0.4, 0.5) is 0 Å². The highest BCUT2D eigenvalue weighted by Gasteiger charge is 2.50. The van der Waals surface area contributed by atoms with Crippen LogP contribution in [0.1, 0.15) is 131 Å². The van der Waals surface area contributed by atoms with Crippen LogP contribution in [0, 0.1) is 17.3 Å². The molecule has 160 valence electrons. The summed E-state index contributed by atoms with van der Waals surface area (Å²) in [6.07, 6.45) is 19.4. The predicted molar refractivity (Wildman–Crippen MR) is 126 cm³/mol. The van der Waals surface area contributed by atoms with Gasteiger partial charge in [-0.05, 0) is 42.2 Å². The van der Waals surface area contributed by atoms with Crippen molar-refractivity contribution in [1.29, 1.82) is 0 Å². The van der Waals surface area contributed by atoms with Crippen LogP contribution in [0.25, 0.3) is 0 Å². The van der Waals surface area contributed by atoms with E-state index in [1.165, 1.54) is 101 Å². The van der Waals surface area contributed by atoms with Gasteiger partial charge in [0, 0.05) is 5.41 Å². The summed E-state index contributed by atoms with van der Waals surface area (Å²) in [4.78, 5) is 0. The Kier molecular flexibility index (Phi) is 15.1. The summed E-state index contributed by atoms with van der Waals surface area (Å²) in [6.45, 7) is 22.0. The Bertz CT molecular complexity index is 383. The van der Waals surface area contributed by atoms with E-state index >= 15 is 0 Å². The van der Waals surface area contributed by atoms with Crippen molar-refractivity contribution in [2.45, 2.75) is 131 Å². The third-order valence-electron chi connectivity index (χ3n) is 6.55. The van der Waals surface area contributed by atoms with E-state index in [1.54, 1.807) is 0 Å². The second kappa shape index (κ2) is 15.4. The molecule has 0 bridgehead atoms. The fraction of sp³-hybridized carbons (Fsp3) is 0.852. The molecule has 27 heavy (non-hydrogen) atoms. The number of hydrogen-bond donors (Lipinski definition) is 0. The first-order valence-corrected chi connectivity index (χ1v) is 12.3. The maximum absolute atomic E-state index is 4.29. The van der Waals surface area contributed by atoms with Crippen molar-refractivity contribution >= 4 is 0 Å². The zero-order valence-electron chi connectivity index (χ0n) is 20.0. The SMILES string of the molecule is C=C1C(=C)C(CCC)(CCCCC)C1CC.CC1CCCCCC1.CCC. The lowest BCUT2D eigenvalue weighted by molar-refractivity contribution is 0.143. The Morgan fingerprint density at radius 2 is 1.37 bits per heavy atom. The molecule has 2 saturated carbocycles. The first-order valence-electron chi connectivity index (χ1n) is 12.3. The highest BCUT2D eigenvalue weighted by atomic mass is 14.5. The molecule has 0 heteroatoms. The minimum atomic E-state index is 0.426. The number of allylic oxidation sites excluding steroid dienone is 2. The van der Waals surface area contributed by atoms with Gasteiger partial charge in [-0.3, -0.25) is 0 Å². The lowest BCUT2D eigenvalue weighted by atomic mass is 9.50. The highest BCUT2D eigenvalue weighted by molar-refractivity contribution is 5.47. The molecule has 0 spiro atoms. The van der Waals surface area contributed by atoms with Crippen LogP contribution < -0.4 is 0 Å². The number of unbranched alkanes of at least 4 members (excludes halogenated alkanes) is 2. The van der Waals surface area contributed by atoms with Crippen molar-refractivity contribution in [3.05, 3.63) is 24.3 Å². The fourth-order valence-corrected chi connectivity index (χ4v) is 5.03. The Morgan fingerprint density at radius 3 is 1.81 bits per heavy atom. The van der Waals surface area contributed by atoms with E-state index < -0.39 is 0 Å². The second-order valence-electron chi connectivity index (χ2n) is 9.13. The summed E-state index contributed by atoms with van der Waals surface area (Å²) in [6, 6.07) is 0. The molecule has 2 aliphatic carbocycles. The maximum Gasteiger partial charge on any atom is 0.00181 e. The Hall–Kier alpha value is -0.520. The lowest BCUT2D eigenvalue weighted by Gasteiger charge is -2.54. The van der Waals surface area contributed by atoms with Gasteiger partial charge < -0.3 is 0 Å². The minimum absolute atomic E-state index is 0.426. The molecule has 0 radical (unpaired) electrons. The molecule has 0 aromatic heterocycles. The van der Waals surface area contributed by atoms with E-state index in [9.17, 15) is 0 Å². The molecule has 0 amide bonds. The molecule has 0 aromatic carbocycles. The summed E-state index contributed by atoms with van der Waals surface area (Å²) < 4.78 is 0. The van der Waals surface area contributed by atoms with Gasteiger partial charge in [-0.1, -0.05) is 125 Å². The molecule has 2 atom stereocenters. The van der Waals surface area contributed by atoms with Crippen LogP contribution in [0.3, 0.4) is 0 Å². The topological polar surface area (TPSA) is 0 Å². The minimum Gasteiger partial charge on any atom is -0.0952 e. The van der Waals surface area contributed by atoms with Crippen LogP contribution in [0.5, 0.6) is 0 Å². The zero-order chi connectivity index (χ0) is 20.7. The summed E-state index contributed by atoms with van der Waals surface area (Å²) >= 11 is 0. The van der Waals surface area contributed by atoms with Gasteiger partial charge in [-0.25, -0.2) is 0 Å². The van der Waals surface area contributed by atoms with E-state index in [-0.39, 0.29) is 0 Å². The van der Waals surface area contributed by atoms with E-state index in [0.29, 0.717) is 5.41 Å². The Balaban J connectivity index is 0.000000509. The largest absolute Gasteiger partial charge is 0.0952 e. The molecule has 0 nitrogen and oxygen atoms in total. The van der Waals surface area contributed by atoms with Crippen molar-refractivity contribution in [3.8, 4) is 0 Å². The summed E-state index contributed by atoms with van der Waals surface area (Å²) in [7, 11) is 0. The summed E-state index contributed by atoms with van der Waals surface area (Å²) in [5.41, 5.74) is 3.14. The van der Waals surface area contributed by atoms with E-state index in [0.717, 1.165) is 11.8 Å². The van der Waals surface area contributed by atoms with Gasteiger partial charge in [-0.2, -0.15) is 0 Å². The van der Waals surface area contributed by atoms with E-state index in [1.807, 2.05) is 0 Å². The van der Waals surface area contributed by atoms with Crippen molar-refractivity contribution in [3.63, 3.8) is 0 Å². The summed E-state index contributed by atoms with van der Waals surface area (Å²) in [5, 5.41) is 0. The van der Waals surface area contributed by atoms with Crippen molar-refractivity contribution in [1.82, 2.24) is 0 Å². The molecule has 0 heterocycles. The maximum atomic E-state index is 4.29. The van der Waals surface area contributed by atoms with E-state index in [2.05, 4.69) is 54.7 Å². The first kappa shape index (κ1) is 26.5. The standard InChI is InChI=1S/C16H28.C8H16.C3H8/c1-6-9-10-12-16(11-7-2)14(5)13(4)15(16)8-3;1-8-6-4-2-3-5-7-8;1-3-2/h15H,4-12H2,1-3H3;8H,2-7H2,1H3;3H2,1-2H3. The van der Waals surface area contributed by atoms with Gasteiger partial charge in [0.1, 0.15) is 0 Å². The molecule has 2 fully saturated rings. The lowest BCUT2D eigenvalue weighted by Crippen LogP contribution is -2.44. The summed E-state index contributed by atoms with van der Waals surface area (Å²) in [5.74, 6) is 1.74. The molecular weight excluding hydrogens is 324 g/mol. The molecule has 2 rings (SSSR count). The van der Waals surface area contributed by atoms with Crippen molar-refractivity contribution in [2.75, 3.05) is 0 Å². The van der Waals surface area contributed by atoms with Crippen LogP contribution in [0.15, 0.2) is 24.3 Å². The normalized spacial score (nSPS) is 25.5. The molecule has 0 aliphatic heterocycles. The zero-order valence-corrected chi connectivity index (χ0v) is 20.0. The smallest absolute Gasteiger partial charge is 0.00181 e. The molecule has 2 aliphatic rings. The van der Waals surface area contributed by atoms with Crippen molar-refractivity contribution < 1.29 is 0 Å². The first-order chi connectivity index (χ1) is 12.9. The van der Waals surface area contributed by atoms with Crippen LogP contribution in [0.2, 0.25) is 0 Å². The predicted octanol–water partition coefficient (Wildman–Crippen LogP) is 9.90. The fourth-order valence-electron chi connectivity index (χ4n) is 5.03. The third-order valence-corrected chi connectivity index (χ3v) is 6.55. The molecule has 2 unspecified atom stereocenters. The Labute approximate surface area is 173 Å².